The van der Waals surface area contributed by atoms with Crippen molar-refractivity contribution in [3.63, 3.8) is 0 Å². The molecule has 0 aromatic rings. The van der Waals surface area contributed by atoms with Crippen LogP contribution in [0.5, 0.6) is 0 Å². The minimum atomic E-state index is 0.611. The number of nitrogens with one attached hydrogen (secondary N) is 2. The van der Waals surface area contributed by atoms with Crippen LogP contribution < -0.4 is 5.32 Å². The molecular weight excluding hydrogens is 100 g/mol. The fourth-order valence-corrected chi connectivity index (χ4v) is 0.325. The third-order valence-electron chi connectivity index (χ3n) is 0.952. The van der Waals surface area contributed by atoms with Crippen molar-refractivity contribution in [1.29, 1.82) is 5.41 Å². The first kappa shape index (κ1) is 7.21. The molecule has 0 rings (SSSR count). The lowest BCUT2D eigenvalue weighted by Gasteiger charge is -1.94. The van der Waals surface area contributed by atoms with Gasteiger partial charge in [0.25, 0.3) is 0 Å². The van der Waals surface area contributed by atoms with Gasteiger partial charge >= 0.3 is 0 Å². The highest BCUT2D eigenvalue weighted by atomic mass is 14.8. The highest BCUT2D eigenvalue weighted by Gasteiger charge is 1.86. The molecule has 0 amide bonds. The Hall–Kier alpha value is -0.790. The van der Waals surface area contributed by atoms with Crippen molar-refractivity contribution in [3.05, 3.63) is 11.8 Å². The fourth-order valence-electron chi connectivity index (χ4n) is 0.325. The van der Waals surface area contributed by atoms with Crippen LogP contribution in [0.4, 0.5) is 0 Å². The van der Waals surface area contributed by atoms with E-state index in [2.05, 4.69) is 5.32 Å². The maximum absolute atomic E-state index is 7.10. The maximum Gasteiger partial charge on any atom is 0.0326 e. The fraction of sp³-hybridized carbons (Fsp3) is 0.500. The molecular formula is C6H12N2. The van der Waals surface area contributed by atoms with Gasteiger partial charge < -0.3 is 10.7 Å². The summed E-state index contributed by atoms with van der Waals surface area (Å²) in [7, 11) is 1.83. The summed E-state index contributed by atoms with van der Waals surface area (Å²) in [5, 5.41) is 9.94. The Morgan fingerprint density at radius 1 is 1.50 bits per heavy atom. The minimum Gasteiger partial charge on any atom is -0.394 e. The molecule has 0 aliphatic carbocycles. The first-order valence-electron chi connectivity index (χ1n) is 2.58. The summed E-state index contributed by atoms with van der Waals surface area (Å²) in [5.41, 5.74) is 1.59. The predicted octanol–water partition coefficient (Wildman–Crippen LogP) is 1.15. The van der Waals surface area contributed by atoms with Crippen LogP contribution in [0.1, 0.15) is 13.8 Å². The molecule has 0 aromatic heterocycles. The van der Waals surface area contributed by atoms with Crippen molar-refractivity contribution >= 4 is 5.71 Å². The normalized spacial score (nSPS) is 11.1. The lowest BCUT2D eigenvalue weighted by Crippen LogP contribution is -1.99. The van der Waals surface area contributed by atoms with E-state index in [4.69, 9.17) is 5.41 Å². The SMILES string of the molecule is CN/C=C(/C)C(C)=N. The molecule has 0 aliphatic heterocycles. The Morgan fingerprint density at radius 3 is 2.12 bits per heavy atom. The molecule has 0 saturated heterocycles. The quantitative estimate of drug-likeness (QED) is 0.516. The Kier molecular flexibility index (Phi) is 2.92. The van der Waals surface area contributed by atoms with E-state index in [0.717, 1.165) is 5.57 Å². The van der Waals surface area contributed by atoms with E-state index in [9.17, 15) is 0 Å². The van der Waals surface area contributed by atoms with Crippen molar-refractivity contribution < 1.29 is 0 Å². The van der Waals surface area contributed by atoms with Crippen molar-refractivity contribution in [2.75, 3.05) is 7.05 Å². The average Bonchev–Trinajstić information content (AvgIpc) is 1.67. The van der Waals surface area contributed by atoms with E-state index < -0.39 is 0 Å². The van der Waals surface area contributed by atoms with Crippen LogP contribution in [-0.2, 0) is 0 Å². The zero-order valence-corrected chi connectivity index (χ0v) is 5.58. The van der Waals surface area contributed by atoms with E-state index in [1.54, 1.807) is 6.92 Å². The lowest BCUT2D eigenvalue weighted by molar-refractivity contribution is 1.09. The summed E-state index contributed by atoms with van der Waals surface area (Å²) in [6.45, 7) is 3.67. The van der Waals surface area contributed by atoms with Gasteiger partial charge in [-0.05, 0) is 19.4 Å². The van der Waals surface area contributed by atoms with E-state index in [1.807, 2.05) is 20.2 Å². The van der Waals surface area contributed by atoms with Gasteiger partial charge in [0.1, 0.15) is 0 Å². The molecule has 46 valence electrons. The molecule has 2 nitrogen and oxygen atoms in total. The molecule has 0 unspecified atom stereocenters. The van der Waals surface area contributed by atoms with Crippen LogP contribution >= 0.6 is 0 Å². The molecule has 0 bridgehead atoms. The molecule has 0 radical (unpaired) electrons. The second-order valence-electron chi connectivity index (χ2n) is 1.74. The highest BCUT2D eigenvalue weighted by Crippen LogP contribution is 1.89. The van der Waals surface area contributed by atoms with E-state index in [0.29, 0.717) is 5.71 Å². The van der Waals surface area contributed by atoms with Gasteiger partial charge in [0.15, 0.2) is 0 Å². The standard InChI is InChI=1S/C6H12N2/c1-5(4-8-3)6(2)7/h4,7-8H,1-3H3/b5-4-,7-6?. The Labute approximate surface area is 50.1 Å². The molecule has 2 N–H and O–H groups in total. The lowest BCUT2D eigenvalue weighted by atomic mass is 10.2. The summed E-state index contributed by atoms with van der Waals surface area (Å²) >= 11 is 0. The maximum atomic E-state index is 7.10. The first-order valence-corrected chi connectivity index (χ1v) is 2.58. The first-order chi connectivity index (χ1) is 3.68. The monoisotopic (exact) mass is 112 g/mol. The van der Waals surface area contributed by atoms with Crippen molar-refractivity contribution in [3.8, 4) is 0 Å². The van der Waals surface area contributed by atoms with Crippen molar-refractivity contribution in [2.45, 2.75) is 13.8 Å². The number of hydrogen-bond donors (Lipinski definition) is 2. The molecule has 0 atom stereocenters. The summed E-state index contributed by atoms with van der Waals surface area (Å²) < 4.78 is 0. The van der Waals surface area contributed by atoms with E-state index in [-0.39, 0.29) is 0 Å². The Bertz CT molecular complexity index is 114. The molecule has 2 heteroatoms. The average molecular weight is 112 g/mol. The van der Waals surface area contributed by atoms with Gasteiger partial charge in [-0.3, -0.25) is 0 Å². The Morgan fingerprint density at radius 2 is 2.00 bits per heavy atom. The van der Waals surface area contributed by atoms with Crippen LogP contribution in [0, 0.1) is 5.41 Å². The highest BCUT2D eigenvalue weighted by molar-refractivity contribution is 5.94. The van der Waals surface area contributed by atoms with Gasteiger partial charge in [-0.1, -0.05) is 0 Å². The smallest absolute Gasteiger partial charge is 0.0326 e. The zero-order valence-electron chi connectivity index (χ0n) is 5.58. The van der Waals surface area contributed by atoms with Gasteiger partial charge in [0.2, 0.25) is 0 Å². The minimum absolute atomic E-state index is 0.611. The number of hydrogen-bond acceptors (Lipinski definition) is 2. The predicted molar refractivity (Wildman–Crippen MR) is 36.2 cm³/mol. The van der Waals surface area contributed by atoms with E-state index >= 15 is 0 Å². The topological polar surface area (TPSA) is 35.9 Å². The van der Waals surface area contributed by atoms with Crippen molar-refractivity contribution in [2.24, 2.45) is 0 Å². The van der Waals surface area contributed by atoms with Gasteiger partial charge in [0.05, 0.1) is 0 Å². The van der Waals surface area contributed by atoms with Gasteiger partial charge in [0, 0.05) is 19.0 Å². The molecule has 0 aromatic carbocycles. The van der Waals surface area contributed by atoms with Gasteiger partial charge in [-0.25, -0.2) is 0 Å². The molecule has 0 spiro atoms. The molecule has 8 heavy (non-hydrogen) atoms. The second kappa shape index (κ2) is 3.24. The van der Waals surface area contributed by atoms with Crippen LogP contribution in [0.3, 0.4) is 0 Å². The van der Waals surface area contributed by atoms with Crippen LogP contribution in [0.15, 0.2) is 11.8 Å². The van der Waals surface area contributed by atoms with Gasteiger partial charge in [-0.2, -0.15) is 0 Å². The molecule has 0 saturated carbocycles. The van der Waals surface area contributed by atoms with Gasteiger partial charge in [-0.15, -0.1) is 0 Å². The van der Waals surface area contributed by atoms with Crippen LogP contribution in [0.25, 0.3) is 0 Å². The summed E-state index contributed by atoms with van der Waals surface area (Å²) in [6.07, 6.45) is 1.81. The van der Waals surface area contributed by atoms with Crippen LogP contribution in [0.2, 0.25) is 0 Å². The second-order valence-corrected chi connectivity index (χ2v) is 1.74. The molecule has 0 aliphatic rings. The summed E-state index contributed by atoms with van der Waals surface area (Å²) in [6, 6.07) is 0. The van der Waals surface area contributed by atoms with Crippen molar-refractivity contribution in [1.82, 2.24) is 5.32 Å². The largest absolute Gasteiger partial charge is 0.394 e. The third-order valence-corrected chi connectivity index (χ3v) is 0.952. The third kappa shape index (κ3) is 2.39. The zero-order chi connectivity index (χ0) is 6.57. The molecule has 0 fully saturated rings. The van der Waals surface area contributed by atoms with Crippen LogP contribution in [-0.4, -0.2) is 12.8 Å². The summed E-state index contributed by atoms with van der Waals surface area (Å²) in [5.74, 6) is 0. The number of rotatable bonds is 2. The summed E-state index contributed by atoms with van der Waals surface area (Å²) in [4.78, 5) is 0. The molecule has 0 heterocycles. The number of allylic oxidation sites excluding steroid dienone is 1. The Balaban J connectivity index is 3.80. The van der Waals surface area contributed by atoms with E-state index in [1.165, 1.54) is 0 Å².